The Morgan fingerprint density at radius 1 is 1.38 bits per heavy atom. The fourth-order valence-electron chi connectivity index (χ4n) is 2.33. The van der Waals surface area contributed by atoms with E-state index in [1.54, 1.807) is 11.3 Å². The second kappa shape index (κ2) is 4.65. The maximum Gasteiger partial charge on any atom is 0.186 e. The van der Waals surface area contributed by atoms with Crippen molar-refractivity contribution in [3.05, 3.63) is 9.98 Å². The van der Waals surface area contributed by atoms with Crippen LogP contribution < -0.4 is 4.90 Å². The zero-order chi connectivity index (χ0) is 11.8. The van der Waals surface area contributed by atoms with Crippen LogP contribution in [0.5, 0.6) is 0 Å². The van der Waals surface area contributed by atoms with Crippen molar-refractivity contribution in [1.29, 1.82) is 0 Å². The van der Waals surface area contributed by atoms with Crippen molar-refractivity contribution in [3.8, 4) is 0 Å². The van der Waals surface area contributed by atoms with Crippen molar-refractivity contribution in [1.82, 2.24) is 4.98 Å². The summed E-state index contributed by atoms with van der Waals surface area (Å²) in [5.74, 6) is 0.854. The minimum Gasteiger partial charge on any atom is -0.348 e. The third-order valence-corrected chi connectivity index (χ3v) is 5.06. The molecule has 0 N–H and O–H groups in total. The molecule has 16 heavy (non-hydrogen) atoms. The molecular formula is C12H19BrN2S. The van der Waals surface area contributed by atoms with Crippen LogP contribution in [0.1, 0.15) is 33.6 Å². The smallest absolute Gasteiger partial charge is 0.186 e. The van der Waals surface area contributed by atoms with Gasteiger partial charge < -0.3 is 4.90 Å². The summed E-state index contributed by atoms with van der Waals surface area (Å²) in [7, 11) is 0. The molecule has 1 aromatic heterocycles. The summed E-state index contributed by atoms with van der Waals surface area (Å²) in [5.41, 5.74) is 0.454. The predicted octanol–water partition coefficient (Wildman–Crippen LogP) is 4.17. The van der Waals surface area contributed by atoms with E-state index in [2.05, 4.69) is 52.0 Å². The second-order valence-corrected chi connectivity index (χ2v) is 7.23. The predicted molar refractivity (Wildman–Crippen MR) is 74.2 cm³/mol. The molecule has 90 valence electrons. The third-order valence-electron chi connectivity index (χ3n) is 3.45. The van der Waals surface area contributed by atoms with Gasteiger partial charge in [-0.15, -0.1) is 11.3 Å². The topological polar surface area (TPSA) is 16.1 Å². The Hall–Kier alpha value is -0.0900. The van der Waals surface area contributed by atoms with Gasteiger partial charge in [0.05, 0.1) is 0 Å². The molecule has 1 aromatic rings. The number of aromatic nitrogens is 1. The fraction of sp³-hybridized carbons (Fsp3) is 0.750. The first-order chi connectivity index (χ1) is 7.47. The highest BCUT2D eigenvalue weighted by molar-refractivity contribution is 9.10. The van der Waals surface area contributed by atoms with E-state index in [1.807, 2.05) is 0 Å². The maximum absolute atomic E-state index is 4.48. The van der Waals surface area contributed by atoms with Crippen LogP contribution in [0.3, 0.4) is 0 Å². The molecule has 1 aliphatic rings. The number of anilines is 1. The zero-order valence-corrected chi connectivity index (χ0v) is 12.6. The Balaban J connectivity index is 1.95. The van der Waals surface area contributed by atoms with Gasteiger partial charge in [-0.1, -0.05) is 20.8 Å². The lowest BCUT2D eigenvalue weighted by Gasteiger charge is -2.38. The van der Waals surface area contributed by atoms with E-state index in [4.69, 9.17) is 0 Å². The molecule has 1 saturated heterocycles. The minimum atomic E-state index is 0.454. The van der Waals surface area contributed by atoms with Crippen molar-refractivity contribution in [2.75, 3.05) is 18.0 Å². The molecule has 0 spiro atoms. The summed E-state index contributed by atoms with van der Waals surface area (Å²) in [6.07, 6.45) is 2.58. The Bertz CT molecular complexity index is 348. The molecule has 0 unspecified atom stereocenters. The quantitative estimate of drug-likeness (QED) is 0.774. The lowest BCUT2D eigenvalue weighted by Crippen LogP contribution is -2.37. The summed E-state index contributed by atoms with van der Waals surface area (Å²) >= 11 is 5.15. The average molecular weight is 303 g/mol. The SMILES string of the molecule is CC(C)(C)C1CCN(c2nc(Br)cs2)CC1. The molecule has 2 nitrogen and oxygen atoms in total. The van der Waals surface area contributed by atoms with E-state index in [9.17, 15) is 0 Å². The summed E-state index contributed by atoms with van der Waals surface area (Å²) in [6, 6.07) is 0. The van der Waals surface area contributed by atoms with Gasteiger partial charge in [0.1, 0.15) is 4.60 Å². The van der Waals surface area contributed by atoms with Crippen LogP contribution in [0.4, 0.5) is 5.13 Å². The van der Waals surface area contributed by atoms with Gasteiger partial charge in [-0.25, -0.2) is 4.98 Å². The van der Waals surface area contributed by atoms with Crippen molar-refractivity contribution < 1.29 is 0 Å². The first kappa shape index (κ1) is 12.4. The maximum atomic E-state index is 4.48. The highest BCUT2D eigenvalue weighted by Gasteiger charge is 2.29. The summed E-state index contributed by atoms with van der Waals surface area (Å²) in [5, 5.41) is 3.23. The van der Waals surface area contributed by atoms with E-state index < -0.39 is 0 Å². The highest BCUT2D eigenvalue weighted by atomic mass is 79.9. The van der Waals surface area contributed by atoms with Gasteiger partial charge in [-0.05, 0) is 40.1 Å². The van der Waals surface area contributed by atoms with Crippen LogP contribution in [-0.4, -0.2) is 18.1 Å². The molecule has 0 aromatic carbocycles. The van der Waals surface area contributed by atoms with Crippen LogP contribution in [0.15, 0.2) is 9.98 Å². The van der Waals surface area contributed by atoms with Crippen molar-refractivity contribution in [2.45, 2.75) is 33.6 Å². The van der Waals surface area contributed by atoms with Gasteiger partial charge in [0.25, 0.3) is 0 Å². The van der Waals surface area contributed by atoms with Crippen LogP contribution >= 0.6 is 27.3 Å². The highest BCUT2D eigenvalue weighted by Crippen LogP contribution is 2.36. The Kier molecular flexibility index (Phi) is 3.59. The van der Waals surface area contributed by atoms with Gasteiger partial charge >= 0.3 is 0 Å². The minimum absolute atomic E-state index is 0.454. The first-order valence-electron chi connectivity index (χ1n) is 5.83. The van der Waals surface area contributed by atoms with E-state index in [0.717, 1.165) is 23.6 Å². The summed E-state index contributed by atoms with van der Waals surface area (Å²) in [4.78, 5) is 6.90. The molecule has 2 heterocycles. The molecule has 4 heteroatoms. The normalized spacial score (nSPS) is 19.1. The number of thiazole rings is 1. The molecule has 2 rings (SSSR count). The standard InChI is InChI=1S/C12H19BrN2S/c1-12(2,3)9-4-6-15(7-5-9)11-14-10(13)8-16-11/h8-9H,4-7H2,1-3H3. The van der Waals surface area contributed by atoms with E-state index in [0.29, 0.717) is 5.41 Å². The second-order valence-electron chi connectivity index (χ2n) is 5.58. The van der Waals surface area contributed by atoms with Crippen molar-refractivity contribution >= 4 is 32.4 Å². The van der Waals surface area contributed by atoms with E-state index in [-0.39, 0.29) is 0 Å². The molecule has 1 aliphatic heterocycles. The summed E-state index contributed by atoms with van der Waals surface area (Å²) < 4.78 is 0.963. The molecule has 0 atom stereocenters. The third kappa shape index (κ3) is 2.77. The van der Waals surface area contributed by atoms with Crippen molar-refractivity contribution in [3.63, 3.8) is 0 Å². The number of rotatable bonds is 1. The number of halogens is 1. The number of nitrogens with zero attached hydrogens (tertiary/aromatic N) is 2. The molecule has 1 fully saturated rings. The van der Waals surface area contributed by atoms with Crippen LogP contribution in [0, 0.1) is 11.3 Å². The fourth-order valence-corrected chi connectivity index (χ4v) is 3.63. The monoisotopic (exact) mass is 302 g/mol. The number of hydrogen-bond donors (Lipinski definition) is 0. The van der Waals surface area contributed by atoms with Gasteiger partial charge in [0.2, 0.25) is 0 Å². The van der Waals surface area contributed by atoms with Gasteiger partial charge in [0.15, 0.2) is 5.13 Å². The first-order valence-corrected chi connectivity index (χ1v) is 7.50. The molecule has 0 amide bonds. The van der Waals surface area contributed by atoms with E-state index in [1.165, 1.54) is 18.0 Å². The average Bonchev–Trinajstić information content (AvgIpc) is 2.64. The van der Waals surface area contributed by atoms with E-state index >= 15 is 0 Å². The molecule has 0 saturated carbocycles. The van der Waals surface area contributed by atoms with Gasteiger partial charge in [0, 0.05) is 18.5 Å². The lowest BCUT2D eigenvalue weighted by atomic mass is 9.75. The molecule has 0 bridgehead atoms. The number of piperidine rings is 1. The number of hydrogen-bond acceptors (Lipinski definition) is 3. The Morgan fingerprint density at radius 2 is 2.00 bits per heavy atom. The largest absolute Gasteiger partial charge is 0.348 e. The Morgan fingerprint density at radius 3 is 2.44 bits per heavy atom. The van der Waals surface area contributed by atoms with Crippen LogP contribution in [0.2, 0.25) is 0 Å². The molecular weight excluding hydrogens is 284 g/mol. The van der Waals surface area contributed by atoms with Gasteiger partial charge in [-0.2, -0.15) is 0 Å². The van der Waals surface area contributed by atoms with Gasteiger partial charge in [-0.3, -0.25) is 0 Å². The molecule has 0 aliphatic carbocycles. The lowest BCUT2D eigenvalue weighted by molar-refractivity contribution is 0.199. The zero-order valence-electron chi connectivity index (χ0n) is 10.2. The van der Waals surface area contributed by atoms with Crippen LogP contribution in [-0.2, 0) is 0 Å². The van der Waals surface area contributed by atoms with Crippen molar-refractivity contribution in [2.24, 2.45) is 11.3 Å². The molecule has 0 radical (unpaired) electrons. The Labute approximate surface area is 110 Å². The summed E-state index contributed by atoms with van der Waals surface area (Å²) in [6.45, 7) is 9.37. The van der Waals surface area contributed by atoms with Crippen LogP contribution in [0.25, 0.3) is 0 Å².